The maximum Gasteiger partial charge on any atom is 0.242 e. The van der Waals surface area contributed by atoms with Crippen molar-refractivity contribution in [1.82, 2.24) is 4.31 Å². The highest BCUT2D eigenvalue weighted by molar-refractivity contribution is 7.89. The molecule has 0 aliphatic carbocycles. The summed E-state index contributed by atoms with van der Waals surface area (Å²) in [6.45, 7) is 0.197. The lowest BCUT2D eigenvalue weighted by Gasteiger charge is -2.18. The third-order valence-electron chi connectivity index (χ3n) is 4.82. The number of carbonyl (C=O) groups is 2. The molecule has 3 rings (SSSR count). The minimum absolute atomic E-state index is 0.0200. The topological polar surface area (TPSA) is 96.0 Å². The fraction of sp³-hybridized carbons (Fsp3) is 0.300. The molecule has 10 heteroatoms. The zero-order chi connectivity index (χ0) is 22.1. The van der Waals surface area contributed by atoms with Gasteiger partial charge in [0, 0.05) is 37.8 Å². The second kappa shape index (κ2) is 8.63. The first-order valence-corrected chi connectivity index (χ1v) is 10.9. The predicted octanol–water partition coefficient (Wildman–Crippen LogP) is 2.59. The molecule has 8 nitrogen and oxygen atoms in total. The highest BCUT2D eigenvalue weighted by Gasteiger charge is 2.35. The number of benzene rings is 2. The van der Waals surface area contributed by atoms with Crippen molar-refractivity contribution < 1.29 is 22.7 Å². The molecule has 1 saturated heterocycles. The standard InChI is InChI=1S/C20H22ClN3O5S/c1-23(2)30(27,28)16-7-8-18(29-3)17(11-16)22-20(26)13-9-19(25)24(12-13)15-6-4-5-14(21)10-15/h4-8,10-11,13H,9,12H2,1-3H3,(H,22,26). The van der Waals surface area contributed by atoms with Crippen molar-refractivity contribution in [1.29, 1.82) is 0 Å². The number of amides is 2. The van der Waals surface area contributed by atoms with E-state index in [4.69, 9.17) is 16.3 Å². The quantitative estimate of drug-likeness (QED) is 0.728. The summed E-state index contributed by atoms with van der Waals surface area (Å²) in [6.07, 6.45) is 0.0380. The molecule has 0 aromatic heterocycles. The van der Waals surface area contributed by atoms with Crippen LogP contribution in [0.15, 0.2) is 47.4 Å². The maximum atomic E-state index is 12.8. The second-order valence-electron chi connectivity index (χ2n) is 7.02. The predicted molar refractivity (Wildman–Crippen MR) is 114 cm³/mol. The average molecular weight is 452 g/mol. The number of rotatable bonds is 6. The van der Waals surface area contributed by atoms with Crippen molar-refractivity contribution in [2.75, 3.05) is 38.0 Å². The van der Waals surface area contributed by atoms with Crippen LogP contribution in [0.3, 0.4) is 0 Å². The number of ether oxygens (including phenoxy) is 1. The molecule has 0 saturated carbocycles. The molecule has 2 amide bonds. The van der Waals surface area contributed by atoms with Crippen LogP contribution in [-0.4, -0.2) is 52.3 Å². The number of methoxy groups -OCH3 is 1. The zero-order valence-corrected chi connectivity index (χ0v) is 18.3. The Balaban J connectivity index is 1.81. The van der Waals surface area contributed by atoms with Crippen LogP contribution < -0.4 is 15.0 Å². The number of nitrogens with zero attached hydrogens (tertiary/aromatic N) is 2. The molecule has 1 aliphatic rings. The summed E-state index contributed by atoms with van der Waals surface area (Å²) in [4.78, 5) is 26.8. The normalized spacial score (nSPS) is 16.8. The lowest BCUT2D eigenvalue weighted by Crippen LogP contribution is -2.28. The summed E-state index contributed by atoms with van der Waals surface area (Å²) in [5.41, 5.74) is 0.846. The van der Waals surface area contributed by atoms with Crippen LogP contribution >= 0.6 is 11.6 Å². The van der Waals surface area contributed by atoms with Crippen LogP contribution in [0.25, 0.3) is 0 Å². The van der Waals surface area contributed by atoms with Gasteiger partial charge < -0.3 is 15.0 Å². The first kappa shape index (κ1) is 22.1. The van der Waals surface area contributed by atoms with Gasteiger partial charge in [-0.05, 0) is 36.4 Å². The Morgan fingerprint density at radius 2 is 1.97 bits per heavy atom. The zero-order valence-electron chi connectivity index (χ0n) is 16.8. The monoisotopic (exact) mass is 451 g/mol. The summed E-state index contributed by atoms with van der Waals surface area (Å²) in [6, 6.07) is 11.1. The van der Waals surface area contributed by atoms with E-state index in [-0.39, 0.29) is 29.5 Å². The summed E-state index contributed by atoms with van der Waals surface area (Å²) >= 11 is 6.00. The molecule has 160 valence electrons. The Morgan fingerprint density at radius 3 is 2.60 bits per heavy atom. The van der Waals surface area contributed by atoms with E-state index in [1.54, 1.807) is 24.3 Å². The number of sulfonamides is 1. The third kappa shape index (κ3) is 4.43. The smallest absolute Gasteiger partial charge is 0.242 e. The Kier molecular flexibility index (Phi) is 6.35. The lowest BCUT2D eigenvalue weighted by atomic mass is 10.1. The van der Waals surface area contributed by atoms with Crippen LogP contribution in [0.2, 0.25) is 5.02 Å². The number of anilines is 2. The van der Waals surface area contributed by atoms with E-state index in [1.165, 1.54) is 44.3 Å². The van der Waals surface area contributed by atoms with Gasteiger partial charge in [-0.3, -0.25) is 9.59 Å². The van der Waals surface area contributed by atoms with Crippen molar-refractivity contribution in [3.8, 4) is 5.75 Å². The summed E-state index contributed by atoms with van der Waals surface area (Å²) in [5.74, 6) is -0.869. The Hall–Kier alpha value is -2.62. The molecule has 1 fully saturated rings. The first-order valence-electron chi connectivity index (χ1n) is 9.11. The summed E-state index contributed by atoms with van der Waals surface area (Å²) in [5, 5.41) is 3.20. The van der Waals surface area contributed by atoms with Crippen LogP contribution in [-0.2, 0) is 19.6 Å². The highest BCUT2D eigenvalue weighted by atomic mass is 35.5. The molecule has 0 radical (unpaired) electrons. The van der Waals surface area contributed by atoms with Crippen molar-refractivity contribution in [3.63, 3.8) is 0 Å². The fourth-order valence-corrected chi connectivity index (χ4v) is 4.28. The lowest BCUT2D eigenvalue weighted by molar-refractivity contribution is -0.122. The van der Waals surface area contributed by atoms with Gasteiger partial charge in [-0.1, -0.05) is 17.7 Å². The molecule has 1 unspecified atom stereocenters. The Morgan fingerprint density at radius 1 is 1.23 bits per heavy atom. The van der Waals surface area contributed by atoms with Crippen LogP contribution in [0.1, 0.15) is 6.42 Å². The largest absolute Gasteiger partial charge is 0.495 e. The van der Waals surface area contributed by atoms with Crippen LogP contribution in [0, 0.1) is 5.92 Å². The minimum atomic E-state index is -3.69. The van der Waals surface area contributed by atoms with E-state index in [0.717, 1.165) is 4.31 Å². The van der Waals surface area contributed by atoms with Crippen LogP contribution in [0.5, 0.6) is 5.75 Å². The van der Waals surface area contributed by atoms with Gasteiger partial charge in [0.15, 0.2) is 0 Å². The van der Waals surface area contributed by atoms with E-state index >= 15 is 0 Å². The molecule has 2 aromatic carbocycles. The fourth-order valence-electron chi connectivity index (χ4n) is 3.17. The maximum absolute atomic E-state index is 12.8. The number of halogens is 1. The molecule has 30 heavy (non-hydrogen) atoms. The molecule has 2 aromatic rings. The number of carbonyl (C=O) groups excluding carboxylic acids is 2. The molecule has 1 heterocycles. The molecule has 1 N–H and O–H groups in total. The third-order valence-corrected chi connectivity index (χ3v) is 6.87. The van der Waals surface area contributed by atoms with Gasteiger partial charge in [0.1, 0.15) is 5.75 Å². The summed E-state index contributed by atoms with van der Waals surface area (Å²) < 4.78 is 31.1. The minimum Gasteiger partial charge on any atom is -0.495 e. The van der Waals surface area contributed by atoms with E-state index < -0.39 is 21.8 Å². The van der Waals surface area contributed by atoms with Crippen molar-refractivity contribution in [3.05, 3.63) is 47.5 Å². The van der Waals surface area contributed by atoms with E-state index in [0.29, 0.717) is 16.5 Å². The molecule has 1 atom stereocenters. The highest BCUT2D eigenvalue weighted by Crippen LogP contribution is 2.31. The summed E-state index contributed by atoms with van der Waals surface area (Å²) in [7, 11) is 0.582. The van der Waals surface area contributed by atoms with Crippen molar-refractivity contribution in [2.24, 2.45) is 5.92 Å². The number of hydrogen-bond donors (Lipinski definition) is 1. The van der Waals surface area contributed by atoms with E-state index in [9.17, 15) is 18.0 Å². The number of hydrogen-bond acceptors (Lipinski definition) is 5. The molecule has 1 aliphatic heterocycles. The van der Waals surface area contributed by atoms with Gasteiger partial charge in [-0.2, -0.15) is 0 Å². The SMILES string of the molecule is COc1ccc(S(=O)(=O)N(C)C)cc1NC(=O)C1CC(=O)N(c2cccc(Cl)c2)C1. The van der Waals surface area contributed by atoms with Gasteiger partial charge >= 0.3 is 0 Å². The van der Waals surface area contributed by atoms with Gasteiger partial charge in [-0.25, -0.2) is 12.7 Å². The molecule has 0 bridgehead atoms. The van der Waals surface area contributed by atoms with Gasteiger partial charge in [0.2, 0.25) is 21.8 Å². The Labute approximate surface area is 180 Å². The molecular weight excluding hydrogens is 430 g/mol. The van der Waals surface area contributed by atoms with E-state index in [2.05, 4.69) is 5.32 Å². The number of nitrogens with one attached hydrogen (secondary N) is 1. The first-order chi connectivity index (χ1) is 14.1. The van der Waals surface area contributed by atoms with Crippen molar-refractivity contribution >= 4 is 44.8 Å². The van der Waals surface area contributed by atoms with Gasteiger partial charge in [0.25, 0.3) is 0 Å². The Bertz CT molecular complexity index is 1090. The molecule has 0 spiro atoms. The molecular formula is C20H22ClN3O5S. The van der Waals surface area contributed by atoms with Gasteiger partial charge in [0.05, 0.1) is 23.6 Å². The van der Waals surface area contributed by atoms with E-state index in [1.807, 2.05) is 0 Å². The van der Waals surface area contributed by atoms with Crippen LogP contribution in [0.4, 0.5) is 11.4 Å². The second-order valence-corrected chi connectivity index (χ2v) is 9.61. The average Bonchev–Trinajstić information content (AvgIpc) is 3.09. The van der Waals surface area contributed by atoms with Gasteiger partial charge in [-0.15, -0.1) is 0 Å². The van der Waals surface area contributed by atoms with Crippen molar-refractivity contribution in [2.45, 2.75) is 11.3 Å².